The van der Waals surface area contributed by atoms with Crippen molar-refractivity contribution < 1.29 is 14.3 Å². The molecule has 0 aromatic heterocycles. The topological polar surface area (TPSA) is 42.0 Å². The van der Waals surface area contributed by atoms with E-state index >= 15 is 0 Å². The molecule has 2 aromatic carbocycles. The van der Waals surface area contributed by atoms with Gasteiger partial charge in [0.15, 0.2) is 0 Å². The molecule has 6 heteroatoms. The number of carbonyl (C=O) groups is 1. The Bertz CT molecular complexity index is 934. The number of aryl methyl sites for hydroxylation is 1. The fourth-order valence-electron chi connectivity index (χ4n) is 4.68. The number of rotatable bonds is 7. The summed E-state index contributed by atoms with van der Waals surface area (Å²) in [6, 6.07) is 14.5. The fourth-order valence-corrected chi connectivity index (χ4v) is 4.99. The van der Waals surface area contributed by atoms with Crippen LogP contribution in [-0.2, 0) is 29.0 Å². The molecule has 2 heterocycles. The highest BCUT2D eigenvalue weighted by atomic mass is 35.5. The van der Waals surface area contributed by atoms with E-state index in [-0.39, 0.29) is 5.91 Å². The molecule has 2 aliphatic rings. The predicted molar refractivity (Wildman–Crippen MR) is 132 cm³/mol. The molecule has 0 aliphatic carbocycles. The third kappa shape index (κ3) is 6.50. The summed E-state index contributed by atoms with van der Waals surface area (Å²) >= 11 is 6.57. The van der Waals surface area contributed by atoms with Crippen LogP contribution in [0.1, 0.15) is 43.4 Å². The van der Waals surface area contributed by atoms with Crippen LogP contribution in [0, 0.1) is 5.92 Å². The number of fused-ring (bicyclic) bond motifs is 1. The Morgan fingerprint density at radius 2 is 1.97 bits per heavy atom. The van der Waals surface area contributed by atoms with E-state index in [1.807, 2.05) is 17.0 Å². The van der Waals surface area contributed by atoms with Gasteiger partial charge in [-0.1, -0.05) is 61.8 Å². The van der Waals surface area contributed by atoms with E-state index in [1.54, 1.807) is 0 Å². The minimum absolute atomic E-state index is 0.0591. The van der Waals surface area contributed by atoms with Crippen LogP contribution < -0.4 is 4.74 Å². The number of nitrogens with zero attached hydrogens (tertiary/aromatic N) is 2. The lowest BCUT2D eigenvalue weighted by molar-refractivity contribution is -0.151. The molecule has 1 saturated heterocycles. The number of carbonyl (C=O) groups excluding carboxylic acids is 1. The number of benzene rings is 2. The van der Waals surface area contributed by atoms with Gasteiger partial charge in [0.1, 0.15) is 11.9 Å². The van der Waals surface area contributed by atoms with E-state index in [0.717, 1.165) is 49.2 Å². The maximum absolute atomic E-state index is 13.6. The molecule has 0 radical (unpaired) electrons. The molecule has 1 fully saturated rings. The first kappa shape index (κ1) is 24.1. The third-order valence-electron chi connectivity index (χ3n) is 6.21. The van der Waals surface area contributed by atoms with Crippen molar-refractivity contribution >= 4 is 17.5 Å². The van der Waals surface area contributed by atoms with Gasteiger partial charge in [-0.3, -0.25) is 9.69 Å². The monoisotopic (exact) mass is 470 g/mol. The maximum atomic E-state index is 13.6. The molecule has 1 unspecified atom stereocenters. The Kier molecular flexibility index (Phi) is 8.29. The lowest BCUT2D eigenvalue weighted by atomic mass is 10.0. The van der Waals surface area contributed by atoms with E-state index < -0.39 is 6.10 Å². The summed E-state index contributed by atoms with van der Waals surface area (Å²) in [5, 5.41) is 0.643. The molecule has 33 heavy (non-hydrogen) atoms. The molecule has 0 saturated carbocycles. The Balaban J connectivity index is 1.47. The standard InChI is InChI=1S/C27H35ClN2O3/c1-20(2)16-30(18-22-14-23-10-6-7-12-33-26(23)24(28)15-22)27(31)25-19-29(11-13-32-25)17-21-8-4-3-5-9-21/h3-5,8-9,14-15,20,25H,6-7,10-13,16-19H2,1-2H3. The molecule has 0 spiro atoms. The minimum Gasteiger partial charge on any atom is -0.492 e. The van der Waals surface area contributed by atoms with Gasteiger partial charge in [-0.05, 0) is 47.9 Å². The van der Waals surface area contributed by atoms with E-state index in [1.165, 1.54) is 5.56 Å². The molecular weight excluding hydrogens is 436 g/mol. The number of ether oxygens (including phenoxy) is 2. The average Bonchev–Trinajstić information content (AvgIpc) is 3.05. The van der Waals surface area contributed by atoms with Crippen molar-refractivity contribution in [3.8, 4) is 5.75 Å². The van der Waals surface area contributed by atoms with E-state index in [0.29, 0.717) is 43.8 Å². The van der Waals surface area contributed by atoms with Crippen LogP contribution in [0.5, 0.6) is 5.75 Å². The zero-order chi connectivity index (χ0) is 23.2. The average molecular weight is 471 g/mol. The Hall–Kier alpha value is -2.08. The SMILES string of the molecule is CC(C)CN(Cc1cc(Cl)c2c(c1)CCCCO2)C(=O)C1CN(Cc2ccccc2)CCO1. The first-order valence-electron chi connectivity index (χ1n) is 12.1. The van der Waals surface area contributed by atoms with Crippen LogP contribution in [0.4, 0.5) is 0 Å². The summed E-state index contributed by atoms with van der Waals surface area (Å²) in [5.41, 5.74) is 3.46. The van der Waals surface area contributed by atoms with Crippen LogP contribution in [0.25, 0.3) is 0 Å². The van der Waals surface area contributed by atoms with Crippen LogP contribution in [0.2, 0.25) is 5.02 Å². The van der Waals surface area contributed by atoms with Gasteiger partial charge in [-0.15, -0.1) is 0 Å². The van der Waals surface area contributed by atoms with Crippen molar-refractivity contribution in [1.29, 1.82) is 0 Å². The summed E-state index contributed by atoms with van der Waals surface area (Å²) in [6.45, 7) is 9.06. The molecule has 178 valence electrons. The molecule has 1 atom stereocenters. The normalized spacial score (nSPS) is 19.0. The fraction of sp³-hybridized carbons (Fsp3) is 0.519. The lowest BCUT2D eigenvalue weighted by Crippen LogP contribution is -2.51. The predicted octanol–water partition coefficient (Wildman–Crippen LogP) is 4.94. The van der Waals surface area contributed by atoms with Crippen LogP contribution in [-0.4, -0.2) is 54.7 Å². The smallest absolute Gasteiger partial charge is 0.253 e. The Morgan fingerprint density at radius 3 is 2.76 bits per heavy atom. The number of morpholine rings is 1. The van der Waals surface area contributed by atoms with Gasteiger partial charge in [0.25, 0.3) is 5.91 Å². The zero-order valence-electron chi connectivity index (χ0n) is 19.8. The molecule has 5 nitrogen and oxygen atoms in total. The van der Waals surface area contributed by atoms with E-state index in [2.05, 4.69) is 49.1 Å². The lowest BCUT2D eigenvalue weighted by Gasteiger charge is -2.35. The van der Waals surface area contributed by atoms with Gasteiger partial charge < -0.3 is 14.4 Å². The molecule has 2 aromatic rings. The van der Waals surface area contributed by atoms with E-state index in [9.17, 15) is 4.79 Å². The number of halogens is 1. The summed E-state index contributed by atoms with van der Waals surface area (Å²) in [4.78, 5) is 17.8. The third-order valence-corrected chi connectivity index (χ3v) is 6.49. The number of hydrogen-bond acceptors (Lipinski definition) is 4. The highest BCUT2D eigenvalue weighted by Crippen LogP contribution is 2.34. The highest BCUT2D eigenvalue weighted by Gasteiger charge is 2.31. The molecule has 4 rings (SSSR count). The number of amides is 1. The first-order chi connectivity index (χ1) is 16.0. The van der Waals surface area contributed by atoms with Gasteiger partial charge in [-0.25, -0.2) is 0 Å². The molecule has 1 amide bonds. The molecule has 0 bridgehead atoms. The second kappa shape index (κ2) is 11.4. The van der Waals surface area contributed by atoms with Crippen LogP contribution >= 0.6 is 11.6 Å². The summed E-state index contributed by atoms with van der Waals surface area (Å²) in [7, 11) is 0. The molecular formula is C27H35ClN2O3. The van der Waals surface area contributed by atoms with Crippen molar-refractivity contribution in [2.24, 2.45) is 5.92 Å². The summed E-state index contributed by atoms with van der Waals surface area (Å²) in [5.74, 6) is 1.23. The summed E-state index contributed by atoms with van der Waals surface area (Å²) in [6.07, 6.45) is 2.65. The minimum atomic E-state index is -0.444. The van der Waals surface area contributed by atoms with Gasteiger partial charge in [0, 0.05) is 32.7 Å². The van der Waals surface area contributed by atoms with Crippen LogP contribution in [0.15, 0.2) is 42.5 Å². The van der Waals surface area contributed by atoms with Crippen molar-refractivity contribution in [3.05, 3.63) is 64.2 Å². The summed E-state index contributed by atoms with van der Waals surface area (Å²) < 4.78 is 11.8. The zero-order valence-corrected chi connectivity index (χ0v) is 20.5. The first-order valence-corrected chi connectivity index (χ1v) is 12.5. The van der Waals surface area contributed by atoms with Gasteiger partial charge >= 0.3 is 0 Å². The van der Waals surface area contributed by atoms with Crippen molar-refractivity contribution in [3.63, 3.8) is 0 Å². The Labute approximate surface area is 202 Å². The van der Waals surface area contributed by atoms with Crippen molar-refractivity contribution in [1.82, 2.24) is 9.80 Å². The Morgan fingerprint density at radius 1 is 1.15 bits per heavy atom. The number of hydrogen-bond donors (Lipinski definition) is 0. The second-order valence-corrected chi connectivity index (χ2v) is 9.97. The van der Waals surface area contributed by atoms with Crippen molar-refractivity contribution in [2.45, 2.75) is 52.3 Å². The molecule has 2 aliphatic heterocycles. The van der Waals surface area contributed by atoms with Gasteiger partial charge in [0.2, 0.25) is 0 Å². The van der Waals surface area contributed by atoms with Gasteiger partial charge in [0.05, 0.1) is 18.2 Å². The van der Waals surface area contributed by atoms with E-state index in [4.69, 9.17) is 21.1 Å². The maximum Gasteiger partial charge on any atom is 0.253 e. The van der Waals surface area contributed by atoms with Crippen LogP contribution in [0.3, 0.4) is 0 Å². The second-order valence-electron chi connectivity index (χ2n) is 9.56. The quantitative estimate of drug-likeness (QED) is 0.574. The largest absolute Gasteiger partial charge is 0.492 e. The molecule has 0 N–H and O–H groups in total. The highest BCUT2D eigenvalue weighted by molar-refractivity contribution is 6.32. The van der Waals surface area contributed by atoms with Gasteiger partial charge in [-0.2, -0.15) is 0 Å². The van der Waals surface area contributed by atoms with Crippen molar-refractivity contribution in [2.75, 3.05) is 32.8 Å².